The lowest BCUT2D eigenvalue weighted by Crippen LogP contribution is -2.57. The van der Waals surface area contributed by atoms with Crippen LogP contribution in [-0.4, -0.2) is 38.1 Å². The van der Waals surface area contributed by atoms with Gasteiger partial charge in [-0.2, -0.15) is 13.2 Å². The molecule has 3 aromatic heterocycles. The maximum Gasteiger partial charge on any atom is 0.408 e. The zero-order valence-electron chi connectivity index (χ0n) is 23.0. The molecule has 0 bridgehead atoms. The van der Waals surface area contributed by atoms with Crippen molar-refractivity contribution in [3.8, 4) is 21.7 Å². The van der Waals surface area contributed by atoms with Crippen LogP contribution in [0.4, 0.5) is 18.0 Å². The van der Waals surface area contributed by atoms with E-state index in [1.165, 1.54) is 17.4 Å². The Bertz CT molecular complexity index is 1650. The summed E-state index contributed by atoms with van der Waals surface area (Å²) in [6, 6.07) is 14.0. The first-order valence-corrected chi connectivity index (χ1v) is 13.9. The van der Waals surface area contributed by atoms with E-state index in [1.807, 2.05) is 45.0 Å². The Balaban J connectivity index is 1.58. The van der Waals surface area contributed by atoms with Crippen LogP contribution in [0, 0.1) is 0 Å². The van der Waals surface area contributed by atoms with Crippen LogP contribution in [0.5, 0.6) is 0 Å². The molecule has 0 unspecified atom stereocenters. The highest BCUT2D eigenvalue weighted by atomic mass is 32.1. The average molecular weight is 586 g/mol. The maximum absolute atomic E-state index is 13.3. The second-order valence-corrected chi connectivity index (χ2v) is 12.9. The summed E-state index contributed by atoms with van der Waals surface area (Å²) < 4.78 is 46.6. The van der Waals surface area contributed by atoms with Gasteiger partial charge < -0.3 is 19.7 Å². The van der Waals surface area contributed by atoms with E-state index in [0.717, 1.165) is 11.8 Å². The molecule has 7 nitrogen and oxygen atoms in total. The molecule has 5 rings (SSSR count). The Labute approximate surface area is 238 Å². The summed E-state index contributed by atoms with van der Waals surface area (Å²) >= 11 is 1.29. The van der Waals surface area contributed by atoms with Gasteiger partial charge in [-0.3, -0.25) is 9.78 Å². The van der Waals surface area contributed by atoms with Crippen molar-refractivity contribution in [2.75, 3.05) is 0 Å². The van der Waals surface area contributed by atoms with Gasteiger partial charge in [-0.05, 0) is 57.0 Å². The Kier molecular flexibility index (Phi) is 7.02. The van der Waals surface area contributed by atoms with Gasteiger partial charge in [0, 0.05) is 45.9 Å². The Morgan fingerprint density at radius 2 is 1.80 bits per heavy atom. The monoisotopic (exact) mass is 585 g/mol. The van der Waals surface area contributed by atoms with E-state index in [2.05, 4.69) is 10.3 Å². The molecule has 0 atom stereocenters. The summed E-state index contributed by atoms with van der Waals surface area (Å²) in [5.74, 6) is 0. The fraction of sp³-hybridized carbons (Fsp3) is 0.367. The highest BCUT2D eigenvalue weighted by Gasteiger charge is 2.55. The third kappa shape index (κ3) is 6.01. The van der Waals surface area contributed by atoms with E-state index < -0.39 is 41.1 Å². The molecule has 0 radical (unpaired) electrons. The fourth-order valence-corrected chi connectivity index (χ4v) is 6.57. The number of alkyl halides is 3. The molecular weight excluding hydrogens is 555 g/mol. The van der Waals surface area contributed by atoms with E-state index >= 15 is 0 Å². The van der Waals surface area contributed by atoms with Crippen molar-refractivity contribution < 1.29 is 27.8 Å². The Morgan fingerprint density at radius 1 is 1.12 bits per heavy atom. The number of carbonyl (C=O) groups is 1. The summed E-state index contributed by atoms with van der Waals surface area (Å²) in [7, 11) is 0. The van der Waals surface area contributed by atoms with Gasteiger partial charge in [0.25, 0.3) is 5.56 Å². The second-order valence-electron chi connectivity index (χ2n) is 11.8. The number of aromatic nitrogens is 2. The fourth-order valence-electron chi connectivity index (χ4n) is 5.37. The van der Waals surface area contributed by atoms with Crippen molar-refractivity contribution in [1.82, 2.24) is 14.9 Å². The summed E-state index contributed by atoms with van der Waals surface area (Å²) in [6.07, 6.45) is -1.97. The highest BCUT2D eigenvalue weighted by Crippen LogP contribution is 2.52. The van der Waals surface area contributed by atoms with Crippen molar-refractivity contribution in [2.24, 2.45) is 0 Å². The van der Waals surface area contributed by atoms with Gasteiger partial charge in [0.1, 0.15) is 12.1 Å². The number of alkyl carbamates (subject to hydrolysis) is 1. The number of amides is 1. The van der Waals surface area contributed by atoms with E-state index in [9.17, 15) is 27.9 Å². The van der Waals surface area contributed by atoms with Gasteiger partial charge in [-0.25, -0.2) is 4.79 Å². The zero-order chi connectivity index (χ0) is 29.8. The minimum atomic E-state index is -4.55. The zero-order valence-corrected chi connectivity index (χ0v) is 23.8. The number of aliphatic hydroxyl groups is 1. The molecule has 4 aromatic rings. The quantitative estimate of drug-likeness (QED) is 0.275. The maximum atomic E-state index is 13.3. The van der Waals surface area contributed by atoms with Gasteiger partial charge in [0.05, 0.1) is 16.7 Å². The van der Waals surface area contributed by atoms with Crippen molar-refractivity contribution in [1.29, 1.82) is 0 Å². The van der Waals surface area contributed by atoms with E-state index in [-0.39, 0.29) is 18.2 Å². The van der Waals surface area contributed by atoms with Crippen LogP contribution in [0.2, 0.25) is 0 Å². The lowest BCUT2D eigenvalue weighted by molar-refractivity contribution is -0.177. The van der Waals surface area contributed by atoms with Gasteiger partial charge in [0.15, 0.2) is 0 Å². The predicted molar refractivity (Wildman–Crippen MR) is 152 cm³/mol. The van der Waals surface area contributed by atoms with Crippen molar-refractivity contribution in [3.63, 3.8) is 0 Å². The van der Waals surface area contributed by atoms with Crippen LogP contribution >= 0.6 is 11.3 Å². The van der Waals surface area contributed by atoms with Gasteiger partial charge in [-0.15, -0.1) is 11.3 Å². The number of hydrogen-bond acceptors (Lipinski definition) is 6. The van der Waals surface area contributed by atoms with Crippen molar-refractivity contribution in [2.45, 2.75) is 70.0 Å². The normalized spacial score (nSPS) is 21.0. The van der Waals surface area contributed by atoms with E-state index in [1.54, 1.807) is 31.3 Å². The molecule has 1 aromatic carbocycles. The number of ether oxygens (including phenoxy) is 1. The lowest BCUT2D eigenvalue weighted by atomic mass is 9.65. The molecule has 0 saturated heterocycles. The summed E-state index contributed by atoms with van der Waals surface area (Å²) in [6.45, 7) is 5.82. The minimum Gasteiger partial charge on any atom is -0.438 e. The number of pyridine rings is 2. The van der Waals surface area contributed by atoms with Crippen LogP contribution in [-0.2, 0) is 16.9 Å². The topological polar surface area (TPSA) is 93.5 Å². The number of rotatable bonds is 5. The number of nitrogens with one attached hydrogen (secondary N) is 1. The average Bonchev–Trinajstić information content (AvgIpc) is 3.23. The lowest BCUT2D eigenvalue weighted by Gasteiger charge is -2.51. The number of benzene rings is 1. The number of fused-ring (bicyclic) bond motifs is 1. The molecule has 1 saturated carbocycles. The predicted octanol–water partition coefficient (Wildman–Crippen LogP) is 6.62. The SMILES string of the molecule is CC1(O)CC(OC(=O)NC(C)(C)C)(c2ccc(-c3sc4ccn(CC(F)(F)F)c(=O)c4c3-c3ccccn3)cc2)C1. The summed E-state index contributed by atoms with van der Waals surface area (Å²) in [5, 5.41) is 13.5. The van der Waals surface area contributed by atoms with E-state index in [0.29, 0.717) is 31.0 Å². The summed E-state index contributed by atoms with van der Waals surface area (Å²) in [5.41, 5.74) is -0.913. The van der Waals surface area contributed by atoms with Crippen LogP contribution in [0.15, 0.2) is 65.7 Å². The van der Waals surface area contributed by atoms with Crippen molar-refractivity contribution >= 4 is 27.5 Å². The molecule has 41 heavy (non-hydrogen) atoms. The molecule has 11 heteroatoms. The smallest absolute Gasteiger partial charge is 0.408 e. The molecule has 2 N–H and O–H groups in total. The number of nitrogens with zero attached hydrogens (tertiary/aromatic N) is 2. The molecule has 3 heterocycles. The number of thiophene rings is 1. The minimum absolute atomic E-state index is 0.174. The van der Waals surface area contributed by atoms with Gasteiger partial charge in [0.2, 0.25) is 0 Å². The molecular formula is C30H30F3N3O4S. The standard InChI is InChI=1S/C30H30F3N3O4S/c1-27(2,3)35-26(38)40-29(15-28(4,39)16-29)19-10-8-18(9-11-19)24-22(20-7-5-6-13-34-20)23-21(41-24)12-14-36(25(23)37)17-30(31,32)33/h5-14,39H,15-17H2,1-4H3,(H,35,38). The van der Waals surface area contributed by atoms with E-state index in [4.69, 9.17) is 4.74 Å². The third-order valence-electron chi connectivity index (χ3n) is 6.86. The molecule has 1 aliphatic carbocycles. The molecule has 216 valence electrons. The van der Waals surface area contributed by atoms with Gasteiger partial charge >= 0.3 is 12.3 Å². The van der Waals surface area contributed by atoms with Gasteiger partial charge in [-0.1, -0.05) is 30.3 Å². The first kappa shape index (κ1) is 28.8. The van der Waals surface area contributed by atoms with Crippen molar-refractivity contribution in [3.05, 3.63) is 76.8 Å². The second kappa shape index (κ2) is 9.99. The number of carbonyl (C=O) groups excluding carboxylic acids is 1. The Hall–Kier alpha value is -3.70. The largest absolute Gasteiger partial charge is 0.438 e. The highest BCUT2D eigenvalue weighted by molar-refractivity contribution is 7.23. The number of halogens is 3. The molecule has 0 aliphatic heterocycles. The molecule has 1 aliphatic rings. The first-order valence-electron chi connectivity index (χ1n) is 13.0. The molecule has 0 spiro atoms. The third-order valence-corrected chi connectivity index (χ3v) is 8.06. The first-order chi connectivity index (χ1) is 19.1. The summed E-state index contributed by atoms with van der Waals surface area (Å²) in [4.78, 5) is 31.0. The molecule has 1 fully saturated rings. The van der Waals surface area contributed by atoms with Crippen LogP contribution in [0.25, 0.3) is 31.8 Å². The van der Waals surface area contributed by atoms with Crippen LogP contribution in [0.3, 0.4) is 0 Å². The Morgan fingerprint density at radius 3 is 2.37 bits per heavy atom. The number of hydrogen-bond donors (Lipinski definition) is 2. The van der Waals surface area contributed by atoms with Crippen LogP contribution < -0.4 is 10.9 Å². The molecule has 1 amide bonds. The van der Waals surface area contributed by atoms with Crippen LogP contribution in [0.1, 0.15) is 46.1 Å².